The van der Waals surface area contributed by atoms with Gasteiger partial charge in [0.1, 0.15) is 5.75 Å². The molecule has 0 unspecified atom stereocenters. The number of methoxy groups -OCH3 is 1. The first-order valence-corrected chi connectivity index (χ1v) is 4.51. The summed E-state index contributed by atoms with van der Waals surface area (Å²) in [6, 6.07) is 0.927. The van der Waals surface area contributed by atoms with Crippen molar-refractivity contribution in [2.75, 3.05) is 7.11 Å². The molecule has 13 heavy (non-hydrogen) atoms. The third kappa shape index (κ3) is 1.91. The maximum atomic E-state index is 13.0. The molecule has 0 aromatic heterocycles. The topological polar surface area (TPSA) is 29.5 Å². The van der Waals surface area contributed by atoms with Crippen LogP contribution in [0.25, 0.3) is 0 Å². The molecule has 0 fully saturated rings. The molecule has 0 heterocycles. The summed E-state index contributed by atoms with van der Waals surface area (Å²) in [6.07, 6.45) is 0. The van der Waals surface area contributed by atoms with Gasteiger partial charge in [0.15, 0.2) is 11.6 Å². The van der Waals surface area contributed by atoms with Crippen molar-refractivity contribution in [3.05, 3.63) is 26.8 Å². The largest absolute Gasteiger partial charge is 0.495 e. The monoisotopic (exact) mass is 300 g/mol. The normalized spacial score (nSPS) is 10.2. The molecule has 0 bridgehead atoms. The van der Waals surface area contributed by atoms with Gasteiger partial charge in [0, 0.05) is 5.56 Å². The van der Waals surface area contributed by atoms with E-state index in [0.717, 1.165) is 6.07 Å². The van der Waals surface area contributed by atoms with E-state index in [2.05, 4.69) is 0 Å². The van der Waals surface area contributed by atoms with E-state index < -0.39 is 11.6 Å². The van der Waals surface area contributed by atoms with Gasteiger partial charge < -0.3 is 9.84 Å². The number of ether oxygens (including phenoxy) is 1. The first-order chi connectivity index (χ1) is 6.11. The minimum absolute atomic E-state index is 0.0455. The summed E-state index contributed by atoms with van der Waals surface area (Å²) >= 11 is 1.63. The zero-order valence-corrected chi connectivity index (χ0v) is 8.93. The average Bonchev–Trinajstić information content (AvgIpc) is 2.13. The molecule has 0 aliphatic carbocycles. The van der Waals surface area contributed by atoms with Crippen molar-refractivity contribution in [2.24, 2.45) is 0 Å². The molecule has 0 spiro atoms. The van der Waals surface area contributed by atoms with E-state index in [0.29, 0.717) is 0 Å². The first-order valence-electron chi connectivity index (χ1n) is 3.43. The second-order valence-corrected chi connectivity index (χ2v) is 3.42. The molecule has 2 nitrogen and oxygen atoms in total. The number of aliphatic hydroxyl groups excluding tert-OH is 1. The quantitative estimate of drug-likeness (QED) is 0.669. The van der Waals surface area contributed by atoms with Gasteiger partial charge in [0.25, 0.3) is 0 Å². The van der Waals surface area contributed by atoms with Crippen LogP contribution in [0.15, 0.2) is 6.07 Å². The second kappa shape index (κ2) is 4.19. The molecule has 0 amide bonds. The molecule has 0 atom stereocenters. The average molecular weight is 300 g/mol. The van der Waals surface area contributed by atoms with Gasteiger partial charge in [-0.3, -0.25) is 0 Å². The Morgan fingerprint density at radius 3 is 2.62 bits per heavy atom. The third-order valence-electron chi connectivity index (χ3n) is 1.57. The molecule has 1 N–H and O–H groups in total. The molecular formula is C8H7F2IO2. The van der Waals surface area contributed by atoms with Crippen LogP contribution in [0.5, 0.6) is 5.75 Å². The minimum atomic E-state index is -0.978. The molecule has 1 aromatic carbocycles. The standard InChI is InChI=1S/C8H7F2IO2/c1-13-8-4(3-12)2-5(9)6(10)7(8)11/h2,12H,3H2,1H3. The van der Waals surface area contributed by atoms with E-state index in [9.17, 15) is 8.78 Å². The summed E-state index contributed by atoms with van der Waals surface area (Å²) in [6.45, 7) is -0.379. The Morgan fingerprint density at radius 1 is 1.54 bits per heavy atom. The summed E-state index contributed by atoms with van der Waals surface area (Å²) in [7, 11) is 1.34. The molecule has 0 saturated carbocycles. The molecule has 0 aliphatic heterocycles. The Hall–Kier alpha value is -0.430. The number of hydrogen-bond donors (Lipinski definition) is 1. The number of hydrogen-bond acceptors (Lipinski definition) is 2. The Bertz CT molecular complexity index is 328. The Labute approximate surface area is 87.7 Å². The van der Waals surface area contributed by atoms with Gasteiger partial charge >= 0.3 is 0 Å². The summed E-state index contributed by atoms with van der Waals surface area (Å²) in [5, 5.41) is 8.82. The number of aliphatic hydroxyl groups is 1. The van der Waals surface area contributed by atoms with Crippen molar-refractivity contribution in [1.82, 2.24) is 0 Å². The Kier molecular flexibility index (Phi) is 3.43. The molecule has 0 radical (unpaired) electrons. The molecule has 1 aromatic rings. The Balaban J connectivity index is 3.39. The maximum absolute atomic E-state index is 13.0. The fourth-order valence-corrected chi connectivity index (χ4v) is 1.79. The second-order valence-electron chi connectivity index (χ2n) is 2.34. The van der Waals surface area contributed by atoms with E-state index >= 15 is 0 Å². The highest BCUT2D eigenvalue weighted by Crippen LogP contribution is 2.29. The highest BCUT2D eigenvalue weighted by Gasteiger charge is 2.16. The maximum Gasteiger partial charge on any atom is 0.175 e. The summed E-state index contributed by atoms with van der Waals surface area (Å²) in [4.78, 5) is 0. The molecule has 5 heteroatoms. The fraction of sp³-hybridized carbons (Fsp3) is 0.250. The van der Waals surface area contributed by atoms with Gasteiger partial charge in [-0.2, -0.15) is 0 Å². The van der Waals surface area contributed by atoms with Gasteiger partial charge in [-0.1, -0.05) is 0 Å². The summed E-state index contributed by atoms with van der Waals surface area (Å²) in [5.41, 5.74) is 0.241. The lowest BCUT2D eigenvalue weighted by atomic mass is 10.2. The summed E-state index contributed by atoms with van der Waals surface area (Å²) in [5.74, 6) is -1.74. The smallest absolute Gasteiger partial charge is 0.175 e. The van der Waals surface area contributed by atoms with Crippen LogP contribution in [0.4, 0.5) is 8.78 Å². The molecule has 72 valence electrons. The van der Waals surface area contributed by atoms with E-state index in [1.165, 1.54) is 7.11 Å². The van der Waals surface area contributed by atoms with E-state index in [1.807, 2.05) is 0 Å². The lowest BCUT2D eigenvalue weighted by Crippen LogP contribution is -2.00. The molecule has 1 rings (SSSR count). The van der Waals surface area contributed by atoms with Crippen molar-refractivity contribution in [3.8, 4) is 5.75 Å². The van der Waals surface area contributed by atoms with Crippen LogP contribution in [-0.4, -0.2) is 12.2 Å². The van der Waals surface area contributed by atoms with Gasteiger partial charge in [-0.05, 0) is 28.7 Å². The van der Waals surface area contributed by atoms with Crippen molar-refractivity contribution < 1.29 is 18.6 Å². The lowest BCUT2D eigenvalue weighted by Gasteiger charge is -2.09. The van der Waals surface area contributed by atoms with Crippen LogP contribution in [0, 0.1) is 15.2 Å². The Morgan fingerprint density at radius 2 is 2.15 bits per heavy atom. The number of halogens is 3. The predicted molar refractivity (Wildman–Crippen MR) is 51.5 cm³/mol. The van der Waals surface area contributed by atoms with Crippen molar-refractivity contribution in [1.29, 1.82) is 0 Å². The SMILES string of the molecule is COc1c(CO)cc(F)c(F)c1I. The zero-order chi connectivity index (χ0) is 10.0. The summed E-state index contributed by atoms with van der Waals surface area (Å²) < 4.78 is 30.6. The van der Waals surface area contributed by atoms with Crippen LogP contribution < -0.4 is 4.74 Å². The van der Waals surface area contributed by atoms with Crippen LogP contribution in [0.1, 0.15) is 5.56 Å². The van der Waals surface area contributed by atoms with Crippen molar-refractivity contribution in [2.45, 2.75) is 6.61 Å². The molecular weight excluding hydrogens is 293 g/mol. The first kappa shape index (κ1) is 10.6. The van der Waals surface area contributed by atoms with Crippen LogP contribution in [-0.2, 0) is 6.61 Å². The van der Waals surface area contributed by atoms with E-state index in [4.69, 9.17) is 9.84 Å². The van der Waals surface area contributed by atoms with E-state index in [1.54, 1.807) is 22.6 Å². The fourth-order valence-electron chi connectivity index (χ4n) is 0.966. The zero-order valence-electron chi connectivity index (χ0n) is 6.77. The number of rotatable bonds is 2. The highest BCUT2D eigenvalue weighted by molar-refractivity contribution is 14.1. The minimum Gasteiger partial charge on any atom is -0.495 e. The van der Waals surface area contributed by atoms with Gasteiger partial charge in [-0.25, -0.2) is 8.78 Å². The van der Waals surface area contributed by atoms with Crippen LogP contribution >= 0.6 is 22.6 Å². The van der Waals surface area contributed by atoms with Gasteiger partial charge in [-0.15, -0.1) is 0 Å². The van der Waals surface area contributed by atoms with Crippen molar-refractivity contribution >= 4 is 22.6 Å². The van der Waals surface area contributed by atoms with Crippen LogP contribution in [0.2, 0.25) is 0 Å². The third-order valence-corrected chi connectivity index (χ3v) is 2.53. The highest BCUT2D eigenvalue weighted by atomic mass is 127. The predicted octanol–water partition coefficient (Wildman–Crippen LogP) is 2.07. The van der Waals surface area contributed by atoms with Crippen molar-refractivity contribution in [3.63, 3.8) is 0 Å². The van der Waals surface area contributed by atoms with Crippen LogP contribution in [0.3, 0.4) is 0 Å². The van der Waals surface area contributed by atoms with Gasteiger partial charge in [0.2, 0.25) is 0 Å². The molecule has 0 aliphatic rings. The number of benzene rings is 1. The molecule has 0 saturated heterocycles. The lowest BCUT2D eigenvalue weighted by molar-refractivity contribution is 0.271. The van der Waals surface area contributed by atoms with Gasteiger partial charge in [0.05, 0.1) is 17.3 Å². The van der Waals surface area contributed by atoms with E-state index in [-0.39, 0.29) is 21.5 Å².